The predicted molar refractivity (Wildman–Crippen MR) is 88.6 cm³/mol. The van der Waals surface area contributed by atoms with Crippen LogP contribution < -0.4 is 4.74 Å². The van der Waals surface area contributed by atoms with Crippen molar-refractivity contribution in [2.75, 3.05) is 6.61 Å². The smallest absolute Gasteiger partial charge is 0.418 e. The van der Waals surface area contributed by atoms with Gasteiger partial charge in [0, 0.05) is 5.39 Å². The molecular weight excluding hydrogens is 333 g/mol. The lowest BCUT2D eigenvalue weighted by Gasteiger charge is -2.41. The minimum Gasteiger partial charge on any atom is -0.494 e. The number of rotatable bonds is 5. The van der Waals surface area contributed by atoms with Gasteiger partial charge in [-0.1, -0.05) is 13.8 Å². The highest BCUT2D eigenvalue weighted by atomic mass is 19.4. The molecule has 1 aromatic carbocycles. The van der Waals surface area contributed by atoms with E-state index in [2.05, 4.69) is 5.10 Å². The summed E-state index contributed by atoms with van der Waals surface area (Å²) >= 11 is 0. The normalized spacial score (nSPS) is 23.9. The molecule has 2 aromatic rings. The Morgan fingerprint density at radius 3 is 2.60 bits per heavy atom. The Morgan fingerprint density at radius 1 is 1.36 bits per heavy atom. The van der Waals surface area contributed by atoms with Crippen molar-refractivity contribution in [3.05, 3.63) is 23.9 Å². The Bertz CT molecular complexity index is 758. The van der Waals surface area contributed by atoms with Crippen molar-refractivity contribution in [2.24, 2.45) is 5.92 Å². The maximum absolute atomic E-state index is 13.6. The van der Waals surface area contributed by atoms with Crippen LogP contribution in [0.4, 0.5) is 13.2 Å². The highest BCUT2D eigenvalue weighted by Crippen LogP contribution is 2.44. The number of nitrogens with zero attached hydrogens (tertiary/aromatic N) is 2. The van der Waals surface area contributed by atoms with E-state index in [4.69, 9.17) is 4.74 Å². The summed E-state index contributed by atoms with van der Waals surface area (Å²) in [5.74, 6) is 0.626. The van der Waals surface area contributed by atoms with Crippen LogP contribution in [0.5, 0.6) is 5.75 Å². The van der Waals surface area contributed by atoms with Crippen LogP contribution in [0, 0.1) is 5.92 Å². The van der Waals surface area contributed by atoms with Crippen molar-refractivity contribution in [2.45, 2.75) is 57.9 Å². The third-order valence-corrected chi connectivity index (χ3v) is 4.63. The average molecular weight is 356 g/mol. The number of alkyl halides is 3. The molecule has 7 heteroatoms. The SMILES string of the molecule is CC(C)CCOc1cc(C(F)(F)F)c2c(cnn2C2CC(C)(O)C2)c1. The van der Waals surface area contributed by atoms with Crippen molar-refractivity contribution in [3.8, 4) is 5.75 Å². The van der Waals surface area contributed by atoms with Crippen LogP contribution in [0.2, 0.25) is 0 Å². The zero-order valence-corrected chi connectivity index (χ0v) is 14.6. The summed E-state index contributed by atoms with van der Waals surface area (Å²) in [5.41, 5.74) is -1.51. The molecule has 1 aliphatic rings. The molecule has 0 amide bonds. The lowest BCUT2D eigenvalue weighted by molar-refractivity contribution is -0.136. The van der Waals surface area contributed by atoms with E-state index < -0.39 is 17.3 Å². The summed E-state index contributed by atoms with van der Waals surface area (Å²) in [6.07, 6.45) is -1.50. The molecule has 0 atom stereocenters. The first-order chi connectivity index (χ1) is 11.6. The summed E-state index contributed by atoms with van der Waals surface area (Å²) in [5, 5.41) is 14.4. The van der Waals surface area contributed by atoms with E-state index in [1.54, 1.807) is 13.0 Å². The first kappa shape index (κ1) is 18.0. The Morgan fingerprint density at radius 2 is 2.04 bits per heavy atom. The second-order valence-corrected chi connectivity index (χ2v) is 7.59. The molecule has 138 valence electrons. The average Bonchev–Trinajstić information content (AvgIpc) is 2.85. The predicted octanol–water partition coefficient (Wildman–Crippen LogP) is 4.57. The van der Waals surface area contributed by atoms with Gasteiger partial charge in [0.15, 0.2) is 0 Å². The first-order valence-electron chi connectivity index (χ1n) is 8.50. The van der Waals surface area contributed by atoms with Gasteiger partial charge in [0.25, 0.3) is 0 Å². The molecule has 1 saturated carbocycles. The third kappa shape index (κ3) is 3.76. The molecule has 25 heavy (non-hydrogen) atoms. The van der Waals surface area contributed by atoms with Gasteiger partial charge >= 0.3 is 6.18 Å². The van der Waals surface area contributed by atoms with E-state index in [0.29, 0.717) is 30.8 Å². The number of benzene rings is 1. The summed E-state index contributed by atoms with van der Waals surface area (Å²) in [6, 6.07) is 2.43. The zero-order chi connectivity index (χ0) is 18.4. The molecule has 0 spiro atoms. The fourth-order valence-corrected chi connectivity index (χ4v) is 3.28. The van der Waals surface area contributed by atoms with Crippen LogP contribution >= 0.6 is 0 Å². The summed E-state index contributed by atoms with van der Waals surface area (Å²) in [4.78, 5) is 0. The second-order valence-electron chi connectivity index (χ2n) is 7.59. The first-order valence-corrected chi connectivity index (χ1v) is 8.50. The number of hydrogen-bond acceptors (Lipinski definition) is 3. The van der Waals surface area contributed by atoms with Crippen LogP contribution in [0.25, 0.3) is 10.9 Å². The fraction of sp³-hybridized carbons (Fsp3) is 0.611. The number of ether oxygens (including phenoxy) is 1. The van der Waals surface area contributed by atoms with Gasteiger partial charge in [0.1, 0.15) is 5.75 Å². The fourth-order valence-electron chi connectivity index (χ4n) is 3.28. The van der Waals surface area contributed by atoms with Gasteiger partial charge in [0.05, 0.1) is 35.5 Å². The zero-order valence-electron chi connectivity index (χ0n) is 14.6. The monoisotopic (exact) mass is 356 g/mol. The third-order valence-electron chi connectivity index (χ3n) is 4.63. The quantitative estimate of drug-likeness (QED) is 0.854. The topological polar surface area (TPSA) is 47.3 Å². The molecule has 1 aromatic heterocycles. The minimum absolute atomic E-state index is 0.0595. The van der Waals surface area contributed by atoms with Crippen molar-refractivity contribution < 1.29 is 23.0 Å². The number of fused-ring (bicyclic) bond motifs is 1. The number of aliphatic hydroxyl groups is 1. The van der Waals surface area contributed by atoms with E-state index in [0.717, 1.165) is 12.5 Å². The Balaban J connectivity index is 1.97. The van der Waals surface area contributed by atoms with Crippen LogP contribution in [-0.4, -0.2) is 27.1 Å². The van der Waals surface area contributed by atoms with E-state index in [9.17, 15) is 18.3 Å². The van der Waals surface area contributed by atoms with Gasteiger partial charge in [-0.2, -0.15) is 18.3 Å². The Labute approximate surface area is 144 Å². The highest BCUT2D eigenvalue weighted by Gasteiger charge is 2.42. The molecule has 0 saturated heterocycles. The van der Waals surface area contributed by atoms with Gasteiger partial charge in [-0.3, -0.25) is 4.68 Å². The van der Waals surface area contributed by atoms with Crippen molar-refractivity contribution in [3.63, 3.8) is 0 Å². The summed E-state index contributed by atoms with van der Waals surface area (Å²) < 4.78 is 47.7. The second kappa shape index (κ2) is 6.20. The number of aromatic nitrogens is 2. The molecule has 1 aliphatic carbocycles. The molecule has 1 fully saturated rings. The molecule has 0 radical (unpaired) electrons. The molecule has 3 rings (SSSR count). The van der Waals surface area contributed by atoms with E-state index in [1.807, 2.05) is 13.8 Å². The standard InChI is InChI=1S/C18H23F3N2O2/c1-11(2)4-5-25-14-6-12-10-22-23(13-8-17(3,24)9-13)16(12)15(7-14)18(19,20)21/h6-7,10-11,13,24H,4-5,8-9H2,1-3H3. The molecular formula is C18H23F3N2O2. The van der Waals surface area contributed by atoms with Gasteiger partial charge in [0.2, 0.25) is 0 Å². The largest absolute Gasteiger partial charge is 0.494 e. The van der Waals surface area contributed by atoms with Crippen LogP contribution in [0.1, 0.15) is 51.6 Å². The molecule has 0 bridgehead atoms. The van der Waals surface area contributed by atoms with Gasteiger partial charge in [-0.25, -0.2) is 0 Å². The van der Waals surface area contributed by atoms with Crippen LogP contribution in [0.15, 0.2) is 18.3 Å². The summed E-state index contributed by atoms with van der Waals surface area (Å²) in [6.45, 7) is 6.12. The number of hydrogen-bond donors (Lipinski definition) is 1. The van der Waals surface area contributed by atoms with Crippen molar-refractivity contribution in [1.82, 2.24) is 9.78 Å². The number of halogens is 3. The molecule has 4 nitrogen and oxygen atoms in total. The van der Waals surface area contributed by atoms with Gasteiger partial charge in [-0.05, 0) is 44.2 Å². The lowest BCUT2D eigenvalue weighted by Crippen LogP contribution is -2.42. The van der Waals surface area contributed by atoms with E-state index in [-0.39, 0.29) is 17.3 Å². The minimum atomic E-state index is -4.50. The molecule has 1 heterocycles. The Hall–Kier alpha value is -1.76. The lowest BCUT2D eigenvalue weighted by atomic mass is 9.77. The van der Waals surface area contributed by atoms with Crippen molar-refractivity contribution >= 4 is 10.9 Å². The van der Waals surface area contributed by atoms with E-state index >= 15 is 0 Å². The molecule has 0 unspecified atom stereocenters. The van der Waals surface area contributed by atoms with Crippen molar-refractivity contribution in [1.29, 1.82) is 0 Å². The maximum atomic E-state index is 13.6. The van der Waals surface area contributed by atoms with Crippen LogP contribution in [-0.2, 0) is 6.18 Å². The van der Waals surface area contributed by atoms with Gasteiger partial charge < -0.3 is 9.84 Å². The van der Waals surface area contributed by atoms with Crippen LogP contribution in [0.3, 0.4) is 0 Å². The molecule has 1 N–H and O–H groups in total. The Kier molecular flexibility index (Phi) is 4.47. The maximum Gasteiger partial charge on any atom is 0.418 e. The van der Waals surface area contributed by atoms with E-state index in [1.165, 1.54) is 10.9 Å². The highest BCUT2D eigenvalue weighted by molar-refractivity contribution is 5.84. The molecule has 0 aliphatic heterocycles. The van der Waals surface area contributed by atoms with Gasteiger partial charge in [-0.15, -0.1) is 0 Å². The summed E-state index contributed by atoms with van der Waals surface area (Å²) in [7, 11) is 0.